The second-order valence-electron chi connectivity index (χ2n) is 3.28. The molecule has 5 nitrogen and oxygen atoms in total. The Kier molecular flexibility index (Phi) is 8.78. The van der Waals surface area contributed by atoms with E-state index in [1.807, 2.05) is 13.8 Å². The molecular weight excluding hydrogens is 278 g/mol. The Morgan fingerprint density at radius 3 is 2.05 bits per heavy atom. The maximum atomic E-state index is 10.4. The van der Waals surface area contributed by atoms with Crippen molar-refractivity contribution in [1.82, 2.24) is 4.98 Å². The number of ether oxygens (including phenoxy) is 1. The van der Waals surface area contributed by atoms with Gasteiger partial charge in [0.15, 0.2) is 5.06 Å². The Balaban J connectivity index is 0.000000345. The molecule has 0 spiro atoms. The molecule has 0 atom stereocenters. The van der Waals surface area contributed by atoms with E-state index < -0.39 is 5.97 Å². The number of carboxylic acid groups (broad SMARTS) is 1. The number of hydrogen-bond acceptors (Lipinski definition) is 5. The van der Waals surface area contributed by atoms with Crippen molar-refractivity contribution in [2.24, 2.45) is 0 Å². The van der Waals surface area contributed by atoms with Crippen LogP contribution in [0, 0.1) is 6.92 Å². The summed E-state index contributed by atoms with van der Waals surface area (Å²) in [6.07, 6.45) is 0. The Morgan fingerprint density at radius 2 is 1.80 bits per heavy atom. The first-order valence-electron chi connectivity index (χ1n) is 6.01. The third-order valence-corrected chi connectivity index (χ3v) is 2.79. The van der Waals surface area contributed by atoms with E-state index in [4.69, 9.17) is 14.9 Å². The Hall–Kier alpha value is -2.08. The van der Waals surface area contributed by atoms with Gasteiger partial charge in [0, 0.05) is 0 Å². The minimum atomic E-state index is -0.923. The minimum Gasteiger partial charge on any atom is -0.498 e. The third kappa shape index (κ3) is 6.19. The van der Waals surface area contributed by atoms with Crippen LogP contribution in [-0.2, 0) is 0 Å². The Labute approximate surface area is 122 Å². The van der Waals surface area contributed by atoms with Crippen molar-refractivity contribution in [2.45, 2.75) is 20.8 Å². The van der Waals surface area contributed by atoms with E-state index in [1.165, 1.54) is 30.6 Å². The van der Waals surface area contributed by atoms with Crippen molar-refractivity contribution >= 4 is 17.3 Å². The number of hydrogen-bond donors (Lipinski definition) is 2. The van der Waals surface area contributed by atoms with Gasteiger partial charge < -0.3 is 14.9 Å². The number of nitrogens with zero attached hydrogens (tertiary/aromatic N) is 1. The topological polar surface area (TPSA) is 79.7 Å². The van der Waals surface area contributed by atoms with E-state index >= 15 is 0 Å². The standard InChI is InChI=1S/C8H8O3.C4H5NOS.C2H6/c1-11-7-4-2-6(3-5-7)8(9)10;1-3-4(6)7-2-5-3;1-2/h2-5H,1H3,(H,9,10);2,6H,1H3;1-2H3. The third-order valence-electron chi connectivity index (χ3n) is 2.06. The van der Waals surface area contributed by atoms with Gasteiger partial charge in [-0.2, -0.15) is 0 Å². The number of benzene rings is 1. The fraction of sp³-hybridized carbons (Fsp3) is 0.286. The summed E-state index contributed by atoms with van der Waals surface area (Å²) in [4.78, 5) is 14.1. The van der Waals surface area contributed by atoms with E-state index in [2.05, 4.69) is 4.98 Å². The van der Waals surface area contributed by atoms with Gasteiger partial charge in [-0.1, -0.05) is 25.2 Å². The van der Waals surface area contributed by atoms with Crippen molar-refractivity contribution in [3.63, 3.8) is 0 Å². The lowest BCUT2D eigenvalue weighted by molar-refractivity contribution is 0.0697. The number of thiazole rings is 1. The molecule has 110 valence electrons. The summed E-state index contributed by atoms with van der Waals surface area (Å²) in [6, 6.07) is 6.23. The summed E-state index contributed by atoms with van der Waals surface area (Å²) in [5.74, 6) is -0.261. The fourth-order valence-corrected chi connectivity index (χ4v) is 1.56. The van der Waals surface area contributed by atoms with Crippen LogP contribution < -0.4 is 4.74 Å². The van der Waals surface area contributed by atoms with E-state index in [1.54, 1.807) is 24.6 Å². The first-order valence-corrected chi connectivity index (χ1v) is 6.89. The highest BCUT2D eigenvalue weighted by Crippen LogP contribution is 2.18. The molecule has 0 radical (unpaired) electrons. The summed E-state index contributed by atoms with van der Waals surface area (Å²) >= 11 is 1.25. The van der Waals surface area contributed by atoms with Crippen molar-refractivity contribution in [3.8, 4) is 10.8 Å². The van der Waals surface area contributed by atoms with Gasteiger partial charge in [-0.3, -0.25) is 0 Å². The molecule has 0 saturated carbocycles. The van der Waals surface area contributed by atoms with Crippen molar-refractivity contribution in [3.05, 3.63) is 41.0 Å². The predicted molar refractivity (Wildman–Crippen MR) is 79.8 cm³/mol. The number of rotatable bonds is 2. The van der Waals surface area contributed by atoms with Crippen LogP contribution in [0.15, 0.2) is 29.8 Å². The second kappa shape index (κ2) is 9.80. The number of carboxylic acids is 1. The first kappa shape index (κ1) is 17.9. The number of aryl methyl sites for hydroxylation is 1. The first-order chi connectivity index (χ1) is 9.54. The molecule has 1 aromatic heterocycles. The highest BCUT2D eigenvalue weighted by atomic mass is 32.1. The maximum Gasteiger partial charge on any atom is 0.335 e. The molecule has 2 aromatic rings. The van der Waals surface area contributed by atoms with Gasteiger partial charge in [-0.25, -0.2) is 9.78 Å². The normalized spacial score (nSPS) is 8.60. The van der Waals surface area contributed by atoms with Crippen LogP contribution in [0.3, 0.4) is 0 Å². The summed E-state index contributed by atoms with van der Waals surface area (Å²) in [5, 5.41) is 17.5. The van der Waals surface area contributed by atoms with E-state index in [0.717, 1.165) is 0 Å². The largest absolute Gasteiger partial charge is 0.498 e. The molecule has 20 heavy (non-hydrogen) atoms. The summed E-state index contributed by atoms with van der Waals surface area (Å²) in [5.41, 5.74) is 2.60. The molecule has 0 bridgehead atoms. The maximum absolute atomic E-state index is 10.4. The number of aromatic hydroxyl groups is 1. The van der Waals surface area contributed by atoms with Gasteiger partial charge in [0.2, 0.25) is 0 Å². The monoisotopic (exact) mass is 297 g/mol. The summed E-state index contributed by atoms with van der Waals surface area (Å²) in [6.45, 7) is 5.77. The van der Waals surface area contributed by atoms with E-state index in [-0.39, 0.29) is 5.56 Å². The van der Waals surface area contributed by atoms with Crippen LogP contribution in [0.5, 0.6) is 10.8 Å². The van der Waals surface area contributed by atoms with Gasteiger partial charge in [0.05, 0.1) is 23.9 Å². The van der Waals surface area contributed by atoms with E-state index in [0.29, 0.717) is 16.5 Å². The number of aromatic nitrogens is 1. The molecule has 6 heteroatoms. The van der Waals surface area contributed by atoms with Crippen molar-refractivity contribution < 1.29 is 19.7 Å². The van der Waals surface area contributed by atoms with Gasteiger partial charge in [0.1, 0.15) is 5.75 Å². The average molecular weight is 297 g/mol. The molecule has 1 heterocycles. The van der Waals surface area contributed by atoms with Gasteiger partial charge >= 0.3 is 5.97 Å². The lowest BCUT2D eigenvalue weighted by Gasteiger charge is -1.98. The smallest absolute Gasteiger partial charge is 0.335 e. The lowest BCUT2D eigenvalue weighted by atomic mass is 10.2. The van der Waals surface area contributed by atoms with Crippen LogP contribution in [0.25, 0.3) is 0 Å². The summed E-state index contributed by atoms with van der Waals surface area (Å²) < 4.78 is 4.86. The van der Waals surface area contributed by atoms with Crippen LogP contribution >= 0.6 is 11.3 Å². The molecule has 0 saturated heterocycles. The van der Waals surface area contributed by atoms with Gasteiger partial charge in [-0.15, -0.1) is 0 Å². The lowest BCUT2D eigenvalue weighted by Crippen LogP contribution is -1.95. The second-order valence-corrected chi connectivity index (χ2v) is 4.11. The van der Waals surface area contributed by atoms with Crippen molar-refractivity contribution in [1.29, 1.82) is 0 Å². The molecular formula is C14H19NO4S. The zero-order valence-corrected chi connectivity index (χ0v) is 12.8. The number of carbonyl (C=O) groups is 1. The molecule has 0 aliphatic rings. The quantitative estimate of drug-likeness (QED) is 0.885. The molecule has 0 aliphatic heterocycles. The molecule has 0 unspecified atom stereocenters. The Bertz CT molecular complexity index is 492. The summed E-state index contributed by atoms with van der Waals surface area (Å²) in [7, 11) is 1.54. The van der Waals surface area contributed by atoms with Crippen LogP contribution in [0.1, 0.15) is 29.9 Å². The fourth-order valence-electron chi connectivity index (χ4n) is 1.03. The zero-order chi connectivity index (χ0) is 15.5. The number of aromatic carboxylic acids is 1. The molecule has 0 fully saturated rings. The zero-order valence-electron chi connectivity index (χ0n) is 12.0. The van der Waals surface area contributed by atoms with Gasteiger partial charge in [0.25, 0.3) is 0 Å². The minimum absolute atomic E-state index is 0.269. The van der Waals surface area contributed by atoms with Crippen LogP contribution in [-0.4, -0.2) is 28.3 Å². The SMILES string of the molecule is CC.COc1ccc(C(=O)O)cc1.Cc1ncsc1O. The Morgan fingerprint density at radius 1 is 1.25 bits per heavy atom. The highest BCUT2D eigenvalue weighted by Gasteiger charge is 2.00. The van der Waals surface area contributed by atoms with Crippen LogP contribution in [0.4, 0.5) is 0 Å². The highest BCUT2D eigenvalue weighted by molar-refractivity contribution is 7.11. The molecule has 0 aliphatic carbocycles. The molecule has 2 rings (SSSR count). The predicted octanol–water partition coefficient (Wildman–Crippen LogP) is 3.58. The molecule has 1 aromatic carbocycles. The van der Waals surface area contributed by atoms with Crippen LogP contribution in [0.2, 0.25) is 0 Å². The van der Waals surface area contributed by atoms with Gasteiger partial charge in [-0.05, 0) is 31.2 Å². The van der Waals surface area contributed by atoms with E-state index in [9.17, 15) is 4.79 Å². The average Bonchev–Trinajstić information content (AvgIpc) is 2.85. The molecule has 2 N–H and O–H groups in total. The molecule has 0 amide bonds. The number of methoxy groups -OCH3 is 1. The van der Waals surface area contributed by atoms with Crippen molar-refractivity contribution in [2.75, 3.05) is 7.11 Å².